The third-order valence-electron chi connectivity index (χ3n) is 5.00. The van der Waals surface area contributed by atoms with Gasteiger partial charge in [-0.05, 0) is 32.0 Å². The van der Waals surface area contributed by atoms with E-state index in [1.165, 1.54) is 0 Å². The van der Waals surface area contributed by atoms with Crippen molar-refractivity contribution in [1.82, 2.24) is 24.8 Å². The fourth-order valence-electron chi connectivity index (χ4n) is 3.49. The van der Waals surface area contributed by atoms with E-state index >= 15 is 0 Å². The molecule has 0 N–H and O–H groups in total. The molecule has 2 aromatic heterocycles. The van der Waals surface area contributed by atoms with Gasteiger partial charge in [0.25, 0.3) is 0 Å². The molecule has 0 amide bonds. The van der Waals surface area contributed by atoms with Crippen LogP contribution < -0.4 is 0 Å². The molecule has 26 heavy (non-hydrogen) atoms. The van der Waals surface area contributed by atoms with Crippen molar-refractivity contribution >= 4 is 0 Å². The lowest BCUT2D eigenvalue weighted by atomic mass is 9.95. The quantitative estimate of drug-likeness (QED) is 0.710. The van der Waals surface area contributed by atoms with Crippen molar-refractivity contribution in [2.24, 2.45) is 0 Å². The Kier molecular flexibility index (Phi) is 5.26. The molecule has 3 aromatic rings. The Morgan fingerprint density at radius 3 is 2.54 bits per heavy atom. The first kappa shape index (κ1) is 16.8. The second kappa shape index (κ2) is 8.15. The number of likely N-dealkylation sites (tertiary alicyclic amines) is 1. The SMILES string of the molecule is c1ccc(-c2ccnc(C3CCN(CCc4cnccn4)CC3)n2)cc1. The van der Waals surface area contributed by atoms with E-state index in [0.29, 0.717) is 5.92 Å². The molecule has 1 aromatic carbocycles. The van der Waals surface area contributed by atoms with Gasteiger partial charge in [-0.15, -0.1) is 0 Å². The summed E-state index contributed by atoms with van der Waals surface area (Å²) in [5.41, 5.74) is 3.23. The van der Waals surface area contributed by atoms with Crippen LogP contribution in [0.25, 0.3) is 11.3 Å². The molecule has 4 rings (SSSR count). The molecule has 1 saturated heterocycles. The highest BCUT2D eigenvalue weighted by Crippen LogP contribution is 2.27. The average molecular weight is 345 g/mol. The molecule has 1 aliphatic rings. The number of nitrogens with zero attached hydrogens (tertiary/aromatic N) is 5. The molecule has 0 aliphatic carbocycles. The van der Waals surface area contributed by atoms with Gasteiger partial charge in [-0.1, -0.05) is 30.3 Å². The van der Waals surface area contributed by atoms with E-state index in [1.807, 2.05) is 36.7 Å². The van der Waals surface area contributed by atoms with E-state index in [1.54, 1.807) is 12.4 Å². The lowest BCUT2D eigenvalue weighted by Crippen LogP contribution is -2.35. The van der Waals surface area contributed by atoms with Crippen LogP contribution in [0.2, 0.25) is 0 Å². The smallest absolute Gasteiger partial charge is 0.132 e. The van der Waals surface area contributed by atoms with E-state index in [-0.39, 0.29) is 0 Å². The van der Waals surface area contributed by atoms with Gasteiger partial charge in [-0.25, -0.2) is 9.97 Å². The average Bonchev–Trinajstić information content (AvgIpc) is 2.74. The van der Waals surface area contributed by atoms with Crippen LogP contribution in [0.15, 0.2) is 61.2 Å². The minimum atomic E-state index is 0.450. The van der Waals surface area contributed by atoms with Gasteiger partial charge >= 0.3 is 0 Å². The third kappa shape index (κ3) is 4.11. The normalized spacial score (nSPS) is 15.8. The van der Waals surface area contributed by atoms with Crippen LogP contribution in [-0.4, -0.2) is 44.5 Å². The standard InChI is InChI=1S/C21H23N5/c1-2-4-17(5-3-1)20-6-10-24-21(25-20)18-7-13-26(14-8-18)15-9-19-16-22-11-12-23-19/h1-6,10-12,16,18H,7-9,13-15H2. The summed E-state index contributed by atoms with van der Waals surface area (Å²) in [6.45, 7) is 3.21. The molecule has 0 bridgehead atoms. The molecule has 0 spiro atoms. The van der Waals surface area contributed by atoms with Crippen LogP contribution in [0.3, 0.4) is 0 Å². The van der Waals surface area contributed by atoms with E-state index in [2.05, 4.69) is 32.0 Å². The van der Waals surface area contributed by atoms with Gasteiger partial charge < -0.3 is 4.90 Å². The zero-order valence-corrected chi connectivity index (χ0v) is 14.8. The van der Waals surface area contributed by atoms with Gasteiger partial charge in [0.1, 0.15) is 5.82 Å². The van der Waals surface area contributed by atoms with Crippen molar-refractivity contribution in [3.05, 3.63) is 72.7 Å². The van der Waals surface area contributed by atoms with E-state index in [4.69, 9.17) is 4.98 Å². The van der Waals surface area contributed by atoms with Crippen LogP contribution in [0.5, 0.6) is 0 Å². The fraction of sp³-hybridized carbons (Fsp3) is 0.333. The monoisotopic (exact) mass is 345 g/mol. The maximum atomic E-state index is 4.84. The Labute approximate surface area is 154 Å². The number of aromatic nitrogens is 4. The summed E-state index contributed by atoms with van der Waals surface area (Å²) >= 11 is 0. The minimum absolute atomic E-state index is 0.450. The lowest BCUT2D eigenvalue weighted by Gasteiger charge is -2.31. The Balaban J connectivity index is 1.35. The topological polar surface area (TPSA) is 54.8 Å². The Bertz CT molecular complexity index is 814. The predicted octanol–water partition coefficient (Wildman–Crippen LogP) is 3.36. The second-order valence-electron chi connectivity index (χ2n) is 6.73. The Morgan fingerprint density at radius 2 is 1.77 bits per heavy atom. The number of hydrogen-bond donors (Lipinski definition) is 0. The highest BCUT2D eigenvalue weighted by molar-refractivity contribution is 5.58. The molecule has 132 valence electrons. The summed E-state index contributed by atoms with van der Waals surface area (Å²) in [5, 5.41) is 0. The van der Waals surface area contributed by atoms with Gasteiger partial charge in [0.05, 0.1) is 11.4 Å². The Morgan fingerprint density at radius 1 is 0.923 bits per heavy atom. The van der Waals surface area contributed by atoms with Gasteiger partial charge in [-0.2, -0.15) is 0 Å². The predicted molar refractivity (Wildman–Crippen MR) is 102 cm³/mol. The fourth-order valence-corrected chi connectivity index (χ4v) is 3.49. The number of rotatable bonds is 5. The van der Waals surface area contributed by atoms with Gasteiger partial charge in [-0.3, -0.25) is 9.97 Å². The van der Waals surface area contributed by atoms with E-state index in [9.17, 15) is 0 Å². The molecule has 1 fully saturated rings. The molecule has 5 heteroatoms. The molecule has 0 radical (unpaired) electrons. The molecule has 0 unspecified atom stereocenters. The van der Waals surface area contributed by atoms with Crippen LogP contribution >= 0.6 is 0 Å². The van der Waals surface area contributed by atoms with Crippen molar-refractivity contribution in [3.63, 3.8) is 0 Å². The van der Waals surface area contributed by atoms with E-state index in [0.717, 1.165) is 61.7 Å². The molecule has 3 heterocycles. The highest BCUT2D eigenvalue weighted by Gasteiger charge is 2.22. The zero-order chi connectivity index (χ0) is 17.6. The first-order valence-corrected chi connectivity index (χ1v) is 9.24. The summed E-state index contributed by atoms with van der Waals surface area (Å²) < 4.78 is 0. The number of hydrogen-bond acceptors (Lipinski definition) is 5. The Hall–Kier alpha value is -2.66. The van der Waals surface area contributed by atoms with Crippen molar-refractivity contribution in [2.45, 2.75) is 25.2 Å². The molecule has 1 aliphatic heterocycles. The second-order valence-corrected chi connectivity index (χ2v) is 6.73. The largest absolute Gasteiger partial charge is 0.303 e. The zero-order valence-electron chi connectivity index (χ0n) is 14.8. The summed E-state index contributed by atoms with van der Waals surface area (Å²) in [4.78, 5) is 20.4. The van der Waals surface area contributed by atoms with Crippen molar-refractivity contribution in [1.29, 1.82) is 0 Å². The maximum absolute atomic E-state index is 4.84. The summed E-state index contributed by atoms with van der Waals surface area (Å²) in [7, 11) is 0. The van der Waals surface area contributed by atoms with Crippen LogP contribution in [-0.2, 0) is 6.42 Å². The minimum Gasteiger partial charge on any atom is -0.303 e. The van der Waals surface area contributed by atoms with Crippen molar-refractivity contribution in [2.75, 3.05) is 19.6 Å². The number of benzene rings is 1. The number of piperidine rings is 1. The van der Waals surface area contributed by atoms with Gasteiger partial charge in [0.15, 0.2) is 0 Å². The summed E-state index contributed by atoms with van der Waals surface area (Å²) in [6.07, 6.45) is 10.4. The first-order chi connectivity index (χ1) is 12.9. The van der Waals surface area contributed by atoms with E-state index < -0.39 is 0 Å². The molecule has 0 atom stereocenters. The molecular formula is C21H23N5. The molecule has 5 nitrogen and oxygen atoms in total. The highest BCUT2D eigenvalue weighted by atomic mass is 15.1. The van der Waals surface area contributed by atoms with Gasteiger partial charge in [0, 0.05) is 49.2 Å². The summed E-state index contributed by atoms with van der Waals surface area (Å²) in [6, 6.07) is 12.3. The van der Waals surface area contributed by atoms with Crippen LogP contribution in [0, 0.1) is 0 Å². The van der Waals surface area contributed by atoms with Gasteiger partial charge in [0.2, 0.25) is 0 Å². The van der Waals surface area contributed by atoms with Crippen molar-refractivity contribution < 1.29 is 0 Å². The lowest BCUT2D eigenvalue weighted by molar-refractivity contribution is 0.211. The van der Waals surface area contributed by atoms with Crippen molar-refractivity contribution in [3.8, 4) is 11.3 Å². The summed E-state index contributed by atoms with van der Waals surface area (Å²) in [5.74, 6) is 1.44. The molecular weight excluding hydrogens is 322 g/mol. The third-order valence-corrected chi connectivity index (χ3v) is 5.00. The molecule has 0 saturated carbocycles. The van der Waals surface area contributed by atoms with Crippen LogP contribution in [0.1, 0.15) is 30.3 Å². The van der Waals surface area contributed by atoms with Crippen LogP contribution in [0.4, 0.5) is 0 Å². The first-order valence-electron chi connectivity index (χ1n) is 9.24. The maximum Gasteiger partial charge on any atom is 0.132 e.